The van der Waals surface area contributed by atoms with Gasteiger partial charge in [0.05, 0.1) is 18.4 Å². The lowest BCUT2D eigenvalue weighted by atomic mass is 10.1. The van der Waals surface area contributed by atoms with Crippen LogP contribution in [0.15, 0.2) is 30.7 Å². The van der Waals surface area contributed by atoms with Crippen molar-refractivity contribution in [3.8, 4) is 5.82 Å². The summed E-state index contributed by atoms with van der Waals surface area (Å²) in [5, 5.41) is 3.88. The number of halogens is 1. The summed E-state index contributed by atoms with van der Waals surface area (Å²) in [7, 11) is 0. The van der Waals surface area contributed by atoms with Crippen LogP contribution in [-0.2, 0) is 11.4 Å². The Morgan fingerprint density at radius 2 is 2.09 bits per heavy atom. The van der Waals surface area contributed by atoms with E-state index in [4.69, 9.17) is 0 Å². The number of hydrogen-bond acceptors (Lipinski definition) is 4. The first-order chi connectivity index (χ1) is 10.3. The smallest absolute Gasteiger partial charge is 0.161 e. The third-order valence-electron chi connectivity index (χ3n) is 3.17. The lowest BCUT2D eigenvalue weighted by molar-refractivity contribution is 0.518. The molecule has 5 nitrogen and oxygen atoms in total. The molecular formula is C15H21FN4OS. The minimum absolute atomic E-state index is 0.0454. The Morgan fingerprint density at radius 1 is 1.36 bits per heavy atom. The van der Waals surface area contributed by atoms with Crippen molar-refractivity contribution in [2.45, 2.75) is 44.9 Å². The van der Waals surface area contributed by atoms with E-state index < -0.39 is 17.2 Å². The maximum atomic E-state index is 13.0. The van der Waals surface area contributed by atoms with E-state index in [9.17, 15) is 8.94 Å². The third-order valence-corrected chi connectivity index (χ3v) is 4.78. The molecule has 0 bridgehead atoms. The predicted octanol–water partition coefficient (Wildman–Crippen LogP) is 2.91. The van der Waals surface area contributed by atoms with Crippen molar-refractivity contribution in [3.63, 3.8) is 0 Å². The van der Waals surface area contributed by atoms with Crippen LogP contribution in [-0.4, -0.2) is 24.1 Å². The molecule has 2 aromatic heterocycles. The summed E-state index contributed by atoms with van der Waals surface area (Å²) in [6.45, 7) is 7.80. The van der Waals surface area contributed by atoms with Gasteiger partial charge >= 0.3 is 0 Å². The van der Waals surface area contributed by atoms with Gasteiger partial charge in [-0.2, -0.15) is 5.10 Å². The number of nitrogens with one attached hydrogen (secondary N) is 1. The summed E-state index contributed by atoms with van der Waals surface area (Å²) in [5.74, 6) is 0.138. The van der Waals surface area contributed by atoms with E-state index in [1.807, 2.05) is 33.8 Å². The Kier molecular flexibility index (Phi) is 5.20. The first-order valence-electron chi connectivity index (χ1n) is 7.16. The van der Waals surface area contributed by atoms with Crippen molar-refractivity contribution in [1.29, 1.82) is 0 Å². The van der Waals surface area contributed by atoms with Gasteiger partial charge in [-0.1, -0.05) is 13.0 Å². The van der Waals surface area contributed by atoms with Crippen molar-refractivity contribution in [3.05, 3.63) is 42.1 Å². The molecule has 22 heavy (non-hydrogen) atoms. The van der Waals surface area contributed by atoms with Crippen LogP contribution in [0.3, 0.4) is 0 Å². The summed E-state index contributed by atoms with van der Waals surface area (Å²) in [5.41, 5.74) is 0.941. The molecule has 2 heterocycles. The molecule has 120 valence electrons. The van der Waals surface area contributed by atoms with E-state index in [-0.39, 0.29) is 10.8 Å². The molecule has 1 N–H and O–H groups in total. The largest absolute Gasteiger partial charge is 0.598 e. The third kappa shape index (κ3) is 4.06. The van der Waals surface area contributed by atoms with Gasteiger partial charge in [0.15, 0.2) is 11.6 Å². The SMILES string of the molecule is CCC(N[S+]([O-])C(C)(C)C)c1ccc(-n2cc(F)cn2)nc1. The van der Waals surface area contributed by atoms with Crippen LogP contribution in [0.2, 0.25) is 0 Å². The number of pyridine rings is 1. The lowest BCUT2D eigenvalue weighted by Gasteiger charge is -2.27. The number of hydrogen-bond donors (Lipinski definition) is 1. The molecule has 2 unspecified atom stereocenters. The number of nitrogens with zero attached hydrogens (tertiary/aromatic N) is 3. The summed E-state index contributed by atoms with van der Waals surface area (Å²) < 4.78 is 29.4. The van der Waals surface area contributed by atoms with Gasteiger partial charge in [-0.25, -0.2) is 14.1 Å². The summed E-state index contributed by atoms with van der Waals surface area (Å²) in [6, 6.07) is 3.62. The van der Waals surface area contributed by atoms with E-state index in [1.54, 1.807) is 12.3 Å². The van der Waals surface area contributed by atoms with Gasteiger partial charge in [0, 0.05) is 17.6 Å². The van der Waals surface area contributed by atoms with Crippen molar-refractivity contribution in [2.75, 3.05) is 0 Å². The second-order valence-corrected chi connectivity index (χ2v) is 8.01. The van der Waals surface area contributed by atoms with E-state index in [0.717, 1.165) is 18.2 Å². The zero-order chi connectivity index (χ0) is 16.3. The molecule has 0 amide bonds. The fraction of sp³-hybridized carbons (Fsp3) is 0.467. The quantitative estimate of drug-likeness (QED) is 0.859. The average Bonchev–Trinajstić information content (AvgIpc) is 2.90. The van der Waals surface area contributed by atoms with Gasteiger partial charge in [0.1, 0.15) is 4.75 Å². The summed E-state index contributed by atoms with van der Waals surface area (Å²) in [6.07, 6.45) is 4.90. The molecule has 2 aromatic rings. The van der Waals surface area contributed by atoms with Gasteiger partial charge in [-0.05, 0) is 38.8 Å². The standard InChI is InChI=1S/C15H21FN4OS/c1-5-13(19-22(21)15(2,3)4)11-6-7-14(17-8-11)20-10-12(16)9-18-20/h6-10,13,19H,5H2,1-4H3. The Balaban J connectivity index is 2.14. The van der Waals surface area contributed by atoms with E-state index in [0.29, 0.717) is 5.82 Å². The van der Waals surface area contributed by atoms with Crippen LogP contribution in [0.25, 0.3) is 5.82 Å². The monoisotopic (exact) mass is 324 g/mol. The molecule has 0 spiro atoms. The molecule has 0 aliphatic rings. The zero-order valence-electron chi connectivity index (χ0n) is 13.2. The maximum absolute atomic E-state index is 13.0. The first-order valence-corrected chi connectivity index (χ1v) is 8.30. The van der Waals surface area contributed by atoms with E-state index in [2.05, 4.69) is 14.8 Å². The van der Waals surface area contributed by atoms with Crippen molar-refractivity contribution in [2.24, 2.45) is 0 Å². The van der Waals surface area contributed by atoms with E-state index >= 15 is 0 Å². The molecule has 0 aliphatic heterocycles. The van der Waals surface area contributed by atoms with Crippen molar-refractivity contribution < 1.29 is 8.94 Å². The Morgan fingerprint density at radius 3 is 2.55 bits per heavy atom. The summed E-state index contributed by atoms with van der Waals surface area (Å²) >= 11 is -1.15. The van der Waals surface area contributed by atoms with Gasteiger partial charge in [0.2, 0.25) is 0 Å². The highest BCUT2D eigenvalue weighted by molar-refractivity contribution is 7.90. The molecular weight excluding hydrogens is 303 g/mol. The second kappa shape index (κ2) is 6.76. The van der Waals surface area contributed by atoms with Gasteiger partial charge in [-0.3, -0.25) is 0 Å². The second-order valence-electron chi connectivity index (χ2n) is 6.01. The Bertz CT molecular complexity index is 609. The maximum Gasteiger partial charge on any atom is 0.161 e. The van der Waals surface area contributed by atoms with Crippen LogP contribution in [0, 0.1) is 5.82 Å². The Hall–Kier alpha value is -1.44. The first kappa shape index (κ1) is 16.9. The van der Waals surface area contributed by atoms with Crippen LogP contribution in [0.4, 0.5) is 4.39 Å². The minimum Gasteiger partial charge on any atom is -0.598 e. The molecule has 0 saturated carbocycles. The van der Waals surface area contributed by atoms with Crippen LogP contribution in [0.1, 0.15) is 45.7 Å². The highest BCUT2D eigenvalue weighted by Crippen LogP contribution is 2.22. The minimum atomic E-state index is -1.15. The number of aromatic nitrogens is 3. The van der Waals surface area contributed by atoms with Crippen molar-refractivity contribution in [1.82, 2.24) is 19.5 Å². The molecule has 0 radical (unpaired) electrons. The van der Waals surface area contributed by atoms with Crippen LogP contribution in [0.5, 0.6) is 0 Å². The molecule has 0 aliphatic carbocycles. The summed E-state index contributed by atoms with van der Waals surface area (Å²) in [4.78, 5) is 4.30. The van der Waals surface area contributed by atoms with Gasteiger partial charge < -0.3 is 4.55 Å². The van der Waals surface area contributed by atoms with Gasteiger partial charge in [0.25, 0.3) is 0 Å². The highest BCUT2D eigenvalue weighted by atomic mass is 32.2. The molecule has 2 atom stereocenters. The molecule has 0 fully saturated rings. The predicted molar refractivity (Wildman–Crippen MR) is 85.4 cm³/mol. The molecule has 0 aromatic carbocycles. The van der Waals surface area contributed by atoms with Crippen molar-refractivity contribution >= 4 is 11.4 Å². The topological polar surface area (TPSA) is 65.8 Å². The fourth-order valence-electron chi connectivity index (χ4n) is 1.86. The molecule has 2 rings (SSSR count). The van der Waals surface area contributed by atoms with Crippen LogP contribution < -0.4 is 4.72 Å². The lowest BCUT2D eigenvalue weighted by Crippen LogP contribution is -2.41. The van der Waals surface area contributed by atoms with Crippen LogP contribution >= 0.6 is 0 Å². The fourth-order valence-corrected chi connectivity index (χ4v) is 2.77. The average molecular weight is 324 g/mol. The van der Waals surface area contributed by atoms with Gasteiger partial charge in [-0.15, -0.1) is 4.72 Å². The molecule has 0 saturated heterocycles. The highest BCUT2D eigenvalue weighted by Gasteiger charge is 2.29. The normalized spacial score (nSPS) is 14.8. The zero-order valence-corrected chi connectivity index (χ0v) is 14.0. The number of rotatable bonds is 5. The van der Waals surface area contributed by atoms with E-state index in [1.165, 1.54) is 10.9 Å². The molecule has 7 heteroatoms. The Labute approximate surface area is 133 Å².